The molecular formula is C25H23ClN2O3. The van der Waals surface area contributed by atoms with Crippen LogP contribution in [0.3, 0.4) is 0 Å². The Bertz CT molecular complexity index is 1040. The van der Waals surface area contributed by atoms with Gasteiger partial charge >= 0.3 is 0 Å². The molecule has 6 heteroatoms. The highest BCUT2D eigenvalue weighted by Gasteiger charge is 2.27. The molecular weight excluding hydrogens is 412 g/mol. The number of nitrogens with zero attached hydrogens (tertiary/aromatic N) is 2. The topological polar surface area (TPSA) is 51.7 Å². The van der Waals surface area contributed by atoms with Crippen LogP contribution in [0.5, 0.6) is 5.75 Å². The zero-order valence-corrected chi connectivity index (χ0v) is 17.7. The Morgan fingerprint density at radius 2 is 1.87 bits per heavy atom. The molecule has 31 heavy (non-hydrogen) atoms. The van der Waals surface area contributed by atoms with Crippen molar-refractivity contribution in [1.82, 2.24) is 9.88 Å². The van der Waals surface area contributed by atoms with Crippen LogP contribution in [0.2, 0.25) is 5.02 Å². The second kappa shape index (κ2) is 10.2. The van der Waals surface area contributed by atoms with Gasteiger partial charge in [-0.15, -0.1) is 0 Å². The van der Waals surface area contributed by atoms with E-state index in [1.54, 1.807) is 18.5 Å². The minimum atomic E-state index is -0.231. The molecule has 4 rings (SSSR count). The van der Waals surface area contributed by atoms with Crippen LogP contribution in [0.4, 0.5) is 0 Å². The Morgan fingerprint density at radius 1 is 1.13 bits per heavy atom. The third-order valence-corrected chi connectivity index (χ3v) is 5.17. The van der Waals surface area contributed by atoms with E-state index in [9.17, 15) is 4.79 Å². The number of halogens is 1. The van der Waals surface area contributed by atoms with Gasteiger partial charge in [0.15, 0.2) is 0 Å². The number of pyridine rings is 1. The van der Waals surface area contributed by atoms with E-state index in [1.165, 1.54) is 0 Å². The van der Waals surface area contributed by atoms with Crippen molar-refractivity contribution in [1.29, 1.82) is 0 Å². The van der Waals surface area contributed by atoms with Gasteiger partial charge in [-0.25, -0.2) is 0 Å². The summed E-state index contributed by atoms with van der Waals surface area (Å²) in [5.74, 6) is 0.557. The highest BCUT2D eigenvalue weighted by molar-refractivity contribution is 6.30. The summed E-state index contributed by atoms with van der Waals surface area (Å²) in [6.45, 7) is 1.76. The Balaban J connectivity index is 1.49. The SMILES string of the molecule is O=C(/C(=C/c1ccccc1)c1ccccc1)N1CCOC(COc2cncc(Cl)c2)C1. The van der Waals surface area contributed by atoms with E-state index in [4.69, 9.17) is 21.1 Å². The van der Waals surface area contributed by atoms with Crippen LogP contribution in [0.15, 0.2) is 79.1 Å². The molecule has 1 aromatic heterocycles. The fourth-order valence-electron chi connectivity index (χ4n) is 3.44. The normalized spacial score (nSPS) is 16.7. The second-order valence-electron chi connectivity index (χ2n) is 7.23. The molecule has 2 aromatic carbocycles. The zero-order chi connectivity index (χ0) is 21.5. The molecule has 0 saturated carbocycles. The van der Waals surface area contributed by atoms with Gasteiger partial charge in [-0.05, 0) is 17.2 Å². The zero-order valence-electron chi connectivity index (χ0n) is 17.0. The van der Waals surface area contributed by atoms with Crippen LogP contribution < -0.4 is 4.74 Å². The monoisotopic (exact) mass is 434 g/mol. The van der Waals surface area contributed by atoms with Gasteiger partial charge in [0.1, 0.15) is 18.5 Å². The third kappa shape index (κ3) is 5.72. The third-order valence-electron chi connectivity index (χ3n) is 4.97. The first kappa shape index (κ1) is 21.1. The molecule has 1 atom stereocenters. The lowest BCUT2D eigenvalue weighted by Gasteiger charge is -2.33. The number of carbonyl (C=O) groups excluding carboxylic acids is 1. The van der Waals surface area contributed by atoms with Gasteiger partial charge in [0.2, 0.25) is 0 Å². The number of benzene rings is 2. The highest BCUT2D eigenvalue weighted by Crippen LogP contribution is 2.23. The molecule has 0 radical (unpaired) electrons. The lowest BCUT2D eigenvalue weighted by molar-refractivity contribution is -0.133. The van der Waals surface area contributed by atoms with Crippen LogP contribution in [-0.4, -0.2) is 48.2 Å². The van der Waals surface area contributed by atoms with E-state index in [0.717, 1.165) is 11.1 Å². The summed E-state index contributed by atoms with van der Waals surface area (Å²) in [6.07, 6.45) is 4.87. The van der Waals surface area contributed by atoms with E-state index >= 15 is 0 Å². The molecule has 0 aliphatic carbocycles. The van der Waals surface area contributed by atoms with Crippen LogP contribution in [-0.2, 0) is 9.53 Å². The molecule has 1 saturated heterocycles. The molecule has 1 unspecified atom stereocenters. The van der Waals surface area contributed by atoms with E-state index in [0.29, 0.717) is 42.6 Å². The standard InChI is InChI=1S/C25H23ClN2O3/c26-21-14-22(16-27-15-21)31-18-23-17-28(11-12-30-23)25(29)24(20-9-5-2-6-10-20)13-19-7-3-1-4-8-19/h1-10,13-16,23H,11-12,17-18H2/b24-13+. The average molecular weight is 435 g/mol. The predicted octanol–water partition coefficient (Wildman–Crippen LogP) is 4.58. The summed E-state index contributed by atoms with van der Waals surface area (Å²) in [5.41, 5.74) is 2.53. The molecule has 1 aliphatic rings. The first-order valence-corrected chi connectivity index (χ1v) is 10.5. The number of hydrogen-bond donors (Lipinski definition) is 0. The van der Waals surface area contributed by atoms with Crippen LogP contribution >= 0.6 is 11.6 Å². The maximum Gasteiger partial charge on any atom is 0.254 e. The van der Waals surface area contributed by atoms with Crippen molar-refractivity contribution in [3.63, 3.8) is 0 Å². The van der Waals surface area contributed by atoms with Gasteiger partial charge in [-0.3, -0.25) is 9.78 Å². The molecule has 1 fully saturated rings. The second-order valence-corrected chi connectivity index (χ2v) is 7.66. The minimum Gasteiger partial charge on any atom is -0.489 e. The summed E-state index contributed by atoms with van der Waals surface area (Å²) < 4.78 is 11.6. The smallest absolute Gasteiger partial charge is 0.254 e. The number of carbonyl (C=O) groups is 1. The number of rotatable bonds is 6. The predicted molar refractivity (Wildman–Crippen MR) is 122 cm³/mol. The number of hydrogen-bond acceptors (Lipinski definition) is 4. The van der Waals surface area contributed by atoms with Gasteiger partial charge < -0.3 is 14.4 Å². The van der Waals surface area contributed by atoms with Crippen molar-refractivity contribution in [3.8, 4) is 5.75 Å². The molecule has 1 aliphatic heterocycles. The first-order chi connectivity index (χ1) is 15.2. The van der Waals surface area contributed by atoms with E-state index in [2.05, 4.69) is 4.98 Å². The van der Waals surface area contributed by atoms with Crippen LogP contribution in [0.1, 0.15) is 11.1 Å². The first-order valence-electron chi connectivity index (χ1n) is 10.2. The molecule has 2 heterocycles. The Hall–Kier alpha value is -3.15. The number of ether oxygens (including phenoxy) is 2. The van der Waals surface area contributed by atoms with Crippen molar-refractivity contribution in [2.24, 2.45) is 0 Å². The Labute approximate surface area is 186 Å². The molecule has 3 aromatic rings. The van der Waals surface area contributed by atoms with Crippen LogP contribution in [0.25, 0.3) is 11.6 Å². The molecule has 0 N–H and O–H groups in total. The van der Waals surface area contributed by atoms with Crippen molar-refractivity contribution >= 4 is 29.2 Å². The number of amides is 1. The molecule has 0 bridgehead atoms. The largest absolute Gasteiger partial charge is 0.489 e. The van der Waals surface area contributed by atoms with Crippen molar-refractivity contribution in [3.05, 3.63) is 95.3 Å². The van der Waals surface area contributed by atoms with Gasteiger partial charge in [-0.2, -0.15) is 0 Å². The Kier molecular flexibility index (Phi) is 6.97. The van der Waals surface area contributed by atoms with Gasteiger partial charge in [-0.1, -0.05) is 72.3 Å². The molecule has 158 valence electrons. The summed E-state index contributed by atoms with van der Waals surface area (Å²) in [4.78, 5) is 19.3. The van der Waals surface area contributed by atoms with Gasteiger partial charge in [0.25, 0.3) is 5.91 Å². The quantitative estimate of drug-likeness (QED) is 0.421. The van der Waals surface area contributed by atoms with Gasteiger partial charge in [0.05, 0.1) is 24.4 Å². The molecule has 0 spiro atoms. The van der Waals surface area contributed by atoms with Crippen molar-refractivity contribution in [2.45, 2.75) is 6.10 Å². The maximum atomic E-state index is 13.5. The van der Waals surface area contributed by atoms with Crippen molar-refractivity contribution in [2.75, 3.05) is 26.3 Å². The Morgan fingerprint density at radius 3 is 2.61 bits per heavy atom. The molecule has 1 amide bonds. The van der Waals surface area contributed by atoms with Crippen molar-refractivity contribution < 1.29 is 14.3 Å². The summed E-state index contributed by atoms with van der Waals surface area (Å²) >= 11 is 5.96. The summed E-state index contributed by atoms with van der Waals surface area (Å²) in [7, 11) is 0. The highest BCUT2D eigenvalue weighted by atomic mass is 35.5. The fraction of sp³-hybridized carbons (Fsp3) is 0.200. The average Bonchev–Trinajstić information content (AvgIpc) is 2.82. The van der Waals surface area contributed by atoms with Gasteiger partial charge in [0, 0.05) is 24.4 Å². The maximum absolute atomic E-state index is 13.5. The molecule has 5 nitrogen and oxygen atoms in total. The number of aromatic nitrogens is 1. The van der Waals surface area contributed by atoms with Crippen LogP contribution in [0, 0.1) is 0 Å². The summed E-state index contributed by atoms with van der Waals surface area (Å²) in [5, 5.41) is 0.511. The minimum absolute atomic E-state index is 0.0206. The van der Waals surface area contributed by atoms with E-state index in [1.807, 2.05) is 71.6 Å². The number of morpholine rings is 1. The van der Waals surface area contributed by atoms with E-state index in [-0.39, 0.29) is 12.0 Å². The fourth-order valence-corrected chi connectivity index (χ4v) is 3.60. The lowest BCUT2D eigenvalue weighted by Crippen LogP contribution is -2.47. The van der Waals surface area contributed by atoms with E-state index < -0.39 is 0 Å². The lowest BCUT2D eigenvalue weighted by atomic mass is 10.0. The summed E-state index contributed by atoms with van der Waals surface area (Å²) in [6, 6.07) is 21.3.